The van der Waals surface area contributed by atoms with Crippen LogP contribution >= 0.6 is 35.3 Å². The number of anilines is 2. The van der Waals surface area contributed by atoms with Crippen LogP contribution in [0.5, 0.6) is 5.75 Å². The molecule has 0 aliphatic carbocycles. The summed E-state index contributed by atoms with van der Waals surface area (Å²) in [6.45, 7) is 2.40. The summed E-state index contributed by atoms with van der Waals surface area (Å²) < 4.78 is 5.85. The third-order valence-corrected chi connectivity index (χ3v) is 3.98. The van der Waals surface area contributed by atoms with E-state index in [9.17, 15) is 0 Å². The molecule has 0 bridgehead atoms. The molecule has 2 heterocycles. The van der Waals surface area contributed by atoms with E-state index < -0.39 is 0 Å². The predicted octanol–water partition coefficient (Wildman–Crippen LogP) is 5.24. The van der Waals surface area contributed by atoms with Crippen molar-refractivity contribution in [1.82, 2.24) is 9.97 Å². The molecule has 1 aromatic carbocycles. The third kappa shape index (κ3) is 4.82. The standard InChI is InChI=1S/C16H14ClN3OS.ClH/c1-11-10-22-16(19-11)20-15-14(7-13(17)8-18-15)21-9-12-5-3-2-4-6-12;/h2-8,10H,9H2,1H3,(H,18,19,20);1H. The van der Waals surface area contributed by atoms with Crippen LogP contribution < -0.4 is 10.1 Å². The topological polar surface area (TPSA) is 47.0 Å². The fraction of sp³-hybridized carbons (Fsp3) is 0.125. The highest BCUT2D eigenvalue weighted by molar-refractivity contribution is 7.13. The van der Waals surface area contributed by atoms with E-state index in [1.54, 1.807) is 12.3 Å². The summed E-state index contributed by atoms with van der Waals surface area (Å²) in [6.07, 6.45) is 1.58. The number of hydrogen-bond donors (Lipinski definition) is 1. The second kappa shape index (κ2) is 8.15. The zero-order chi connectivity index (χ0) is 15.4. The summed E-state index contributed by atoms with van der Waals surface area (Å²) in [5.74, 6) is 1.21. The molecule has 120 valence electrons. The molecule has 0 unspecified atom stereocenters. The van der Waals surface area contributed by atoms with Crippen LogP contribution in [-0.2, 0) is 6.61 Å². The molecular formula is C16H15Cl2N3OS. The summed E-state index contributed by atoms with van der Waals surface area (Å²) in [6, 6.07) is 11.7. The summed E-state index contributed by atoms with van der Waals surface area (Å²) in [7, 11) is 0. The summed E-state index contributed by atoms with van der Waals surface area (Å²) in [4.78, 5) is 8.66. The van der Waals surface area contributed by atoms with Crippen LogP contribution in [0.25, 0.3) is 0 Å². The largest absolute Gasteiger partial charge is 0.485 e. The Balaban J connectivity index is 0.00000192. The average Bonchev–Trinajstić information content (AvgIpc) is 2.94. The average molecular weight is 368 g/mol. The zero-order valence-corrected chi connectivity index (χ0v) is 14.7. The molecule has 0 atom stereocenters. The quantitative estimate of drug-likeness (QED) is 0.669. The number of aromatic nitrogens is 2. The van der Waals surface area contributed by atoms with Crippen LogP contribution in [0.1, 0.15) is 11.3 Å². The zero-order valence-electron chi connectivity index (χ0n) is 12.3. The smallest absolute Gasteiger partial charge is 0.188 e. The Labute approximate surface area is 149 Å². The number of nitrogens with zero attached hydrogens (tertiary/aromatic N) is 2. The van der Waals surface area contributed by atoms with Crippen molar-refractivity contribution in [2.24, 2.45) is 0 Å². The highest BCUT2D eigenvalue weighted by Gasteiger charge is 2.09. The predicted molar refractivity (Wildman–Crippen MR) is 97.4 cm³/mol. The van der Waals surface area contributed by atoms with Crippen molar-refractivity contribution in [1.29, 1.82) is 0 Å². The monoisotopic (exact) mass is 367 g/mol. The van der Waals surface area contributed by atoms with Gasteiger partial charge in [0.1, 0.15) is 6.61 Å². The van der Waals surface area contributed by atoms with Crippen molar-refractivity contribution in [3.05, 3.63) is 64.3 Å². The van der Waals surface area contributed by atoms with E-state index in [0.717, 1.165) is 16.4 Å². The second-order valence-electron chi connectivity index (χ2n) is 4.69. The molecule has 0 fully saturated rings. The Morgan fingerprint density at radius 3 is 2.74 bits per heavy atom. The first-order valence-corrected chi connectivity index (χ1v) is 7.98. The Kier molecular flexibility index (Phi) is 6.21. The maximum absolute atomic E-state index is 6.02. The van der Waals surface area contributed by atoms with Crippen LogP contribution in [0.15, 0.2) is 48.0 Å². The van der Waals surface area contributed by atoms with E-state index in [0.29, 0.717) is 23.2 Å². The number of thiazole rings is 1. The van der Waals surface area contributed by atoms with E-state index >= 15 is 0 Å². The van der Waals surface area contributed by atoms with Gasteiger partial charge in [0, 0.05) is 17.6 Å². The highest BCUT2D eigenvalue weighted by atomic mass is 35.5. The van der Waals surface area contributed by atoms with Gasteiger partial charge < -0.3 is 10.1 Å². The Hall–Kier alpha value is -1.82. The number of halogens is 2. The van der Waals surface area contributed by atoms with Crippen molar-refractivity contribution < 1.29 is 4.74 Å². The van der Waals surface area contributed by atoms with Gasteiger partial charge in [-0.2, -0.15) is 0 Å². The van der Waals surface area contributed by atoms with Crippen molar-refractivity contribution in [2.45, 2.75) is 13.5 Å². The highest BCUT2D eigenvalue weighted by Crippen LogP contribution is 2.30. The van der Waals surface area contributed by atoms with E-state index in [1.807, 2.05) is 42.6 Å². The Morgan fingerprint density at radius 2 is 2.04 bits per heavy atom. The molecule has 2 aromatic heterocycles. The third-order valence-electron chi connectivity index (χ3n) is 2.90. The molecule has 0 saturated carbocycles. The SMILES string of the molecule is Cc1csc(Nc2ncc(Cl)cc2OCc2ccccc2)n1.Cl. The molecule has 0 aliphatic heterocycles. The lowest BCUT2D eigenvalue weighted by Gasteiger charge is -2.11. The van der Waals surface area contributed by atoms with E-state index in [4.69, 9.17) is 16.3 Å². The molecule has 23 heavy (non-hydrogen) atoms. The second-order valence-corrected chi connectivity index (χ2v) is 5.99. The molecule has 0 saturated heterocycles. The molecule has 0 spiro atoms. The fourth-order valence-corrected chi connectivity index (χ4v) is 2.71. The molecule has 0 amide bonds. The number of nitrogens with one attached hydrogen (secondary N) is 1. The maximum atomic E-state index is 6.02. The van der Waals surface area contributed by atoms with Gasteiger partial charge in [0.25, 0.3) is 0 Å². The van der Waals surface area contributed by atoms with Crippen LogP contribution in [0.4, 0.5) is 10.9 Å². The molecule has 3 rings (SSSR count). The number of hydrogen-bond acceptors (Lipinski definition) is 5. The minimum absolute atomic E-state index is 0. The van der Waals surface area contributed by atoms with Crippen molar-refractivity contribution in [2.75, 3.05) is 5.32 Å². The lowest BCUT2D eigenvalue weighted by Crippen LogP contribution is -2.01. The van der Waals surface area contributed by atoms with E-state index in [2.05, 4.69) is 15.3 Å². The van der Waals surface area contributed by atoms with Crippen molar-refractivity contribution in [3.8, 4) is 5.75 Å². The van der Waals surface area contributed by atoms with Crippen LogP contribution in [0.3, 0.4) is 0 Å². The van der Waals surface area contributed by atoms with E-state index in [1.165, 1.54) is 11.3 Å². The van der Waals surface area contributed by atoms with Crippen LogP contribution in [0.2, 0.25) is 5.02 Å². The van der Waals surface area contributed by atoms with Crippen molar-refractivity contribution in [3.63, 3.8) is 0 Å². The molecule has 3 aromatic rings. The first-order chi connectivity index (χ1) is 10.7. The number of pyridine rings is 1. The van der Waals surface area contributed by atoms with Gasteiger partial charge in [0.2, 0.25) is 0 Å². The van der Waals surface area contributed by atoms with Crippen LogP contribution in [0, 0.1) is 6.92 Å². The van der Waals surface area contributed by atoms with Gasteiger partial charge in [-0.25, -0.2) is 9.97 Å². The molecule has 7 heteroatoms. The van der Waals surface area contributed by atoms with Gasteiger partial charge in [0.15, 0.2) is 16.7 Å². The molecule has 4 nitrogen and oxygen atoms in total. The summed E-state index contributed by atoms with van der Waals surface area (Å²) >= 11 is 7.54. The fourth-order valence-electron chi connectivity index (χ4n) is 1.87. The number of ether oxygens (including phenoxy) is 1. The summed E-state index contributed by atoms with van der Waals surface area (Å²) in [5.41, 5.74) is 2.05. The molecule has 1 N–H and O–H groups in total. The minimum Gasteiger partial charge on any atom is -0.485 e. The Bertz CT molecular complexity index is 765. The maximum Gasteiger partial charge on any atom is 0.188 e. The normalized spacial score (nSPS) is 10.0. The minimum atomic E-state index is 0. The van der Waals surface area contributed by atoms with Gasteiger partial charge >= 0.3 is 0 Å². The van der Waals surface area contributed by atoms with Gasteiger partial charge in [-0.05, 0) is 12.5 Å². The van der Waals surface area contributed by atoms with Crippen LogP contribution in [-0.4, -0.2) is 9.97 Å². The molecule has 0 aliphatic rings. The van der Waals surface area contributed by atoms with Gasteiger partial charge in [-0.15, -0.1) is 23.7 Å². The number of benzene rings is 1. The first kappa shape index (κ1) is 17.5. The van der Waals surface area contributed by atoms with Gasteiger partial charge in [0.05, 0.1) is 10.7 Å². The molecule has 0 radical (unpaired) electrons. The van der Waals surface area contributed by atoms with Crippen molar-refractivity contribution >= 4 is 46.3 Å². The summed E-state index contributed by atoms with van der Waals surface area (Å²) in [5, 5.41) is 6.45. The number of aryl methyl sites for hydroxylation is 1. The Morgan fingerprint density at radius 1 is 1.26 bits per heavy atom. The van der Waals surface area contributed by atoms with E-state index in [-0.39, 0.29) is 12.4 Å². The first-order valence-electron chi connectivity index (χ1n) is 6.72. The lowest BCUT2D eigenvalue weighted by molar-refractivity contribution is 0.307. The lowest BCUT2D eigenvalue weighted by atomic mass is 10.2. The van der Waals surface area contributed by atoms with Gasteiger partial charge in [-0.3, -0.25) is 0 Å². The number of rotatable bonds is 5. The molecular weight excluding hydrogens is 353 g/mol. The van der Waals surface area contributed by atoms with Gasteiger partial charge in [-0.1, -0.05) is 41.9 Å².